The summed E-state index contributed by atoms with van der Waals surface area (Å²) in [6.07, 6.45) is 2.78. The second-order valence-corrected chi connectivity index (χ2v) is 5.04. The Balaban J connectivity index is 2.62. The Bertz CT molecular complexity index is 644. The minimum atomic E-state index is 0.672. The summed E-state index contributed by atoms with van der Waals surface area (Å²) in [7, 11) is 0. The van der Waals surface area contributed by atoms with E-state index in [-0.39, 0.29) is 0 Å². The normalized spacial score (nSPS) is 12.4. The van der Waals surface area contributed by atoms with Gasteiger partial charge in [-0.3, -0.25) is 9.98 Å². The molecule has 1 aromatic heterocycles. The van der Waals surface area contributed by atoms with E-state index in [2.05, 4.69) is 55.3 Å². The largest absolute Gasteiger partial charge is 0.297 e. The Morgan fingerprint density at radius 2 is 2.21 bits per heavy atom. The molecule has 0 fully saturated rings. The van der Waals surface area contributed by atoms with Crippen LogP contribution in [-0.4, -0.2) is 18.2 Å². The van der Waals surface area contributed by atoms with Crippen LogP contribution in [0.25, 0.3) is 16.5 Å². The Kier molecular flexibility index (Phi) is 4.38. The van der Waals surface area contributed by atoms with Gasteiger partial charge in [-0.1, -0.05) is 13.0 Å². The average molecular weight is 270 g/mol. The highest BCUT2D eigenvalue weighted by molar-refractivity contribution is 7.80. The zero-order valence-corrected chi connectivity index (χ0v) is 12.2. The highest BCUT2D eigenvalue weighted by atomic mass is 32.1. The molecule has 3 heteroatoms. The number of allylic oxidation sites excluding steroid dienone is 1. The van der Waals surface area contributed by atoms with Crippen LogP contribution >= 0.6 is 12.6 Å². The Morgan fingerprint density at radius 1 is 1.42 bits per heavy atom. The van der Waals surface area contributed by atoms with Crippen molar-refractivity contribution in [1.82, 2.24) is 4.98 Å². The monoisotopic (exact) mass is 270 g/mol. The van der Waals surface area contributed by atoms with Crippen molar-refractivity contribution in [3.8, 4) is 0 Å². The van der Waals surface area contributed by atoms with E-state index in [1.165, 1.54) is 16.7 Å². The number of aromatic nitrogens is 1. The first-order valence-corrected chi connectivity index (χ1v) is 6.81. The molecule has 0 saturated carbocycles. The summed E-state index contributed by atoms with van der Waals surface area (Å²) in [4.78, 5) is 9.35. The molecule has 0 spiro atoms. The van der Waals surface area contributed by atoms with Crippen LogP contribution in [-0.2, 0) is 0 Å². The molecule has 0 aliphatic carbocycles. The number of pyridine rings is 1. The van der Waals surface area contributed by atoms with Gasteiger partial charge in [0.1, 0.15) is 0 Å². The summed E-state index contributed by atoms with van der Waals surface area (Å²) < 4.78 is 0. The van der Waals surface area contributed by atoms with Gasteiger partial charge < -0.3 is 0 Å². The van der Waals surface area contributed by atoms with Gasteiger partial charge in [0.15, 0.2) is 0 Å². The van der Waals surface area contributed by atoms with Crippen LogP contribution in [0, 0.1) is 0 Å². The van der Waals surface area contributed by atoms with Gasteiger partial charge in [0.2, 0.25) is 0 Å². The van der Waals surface area contributed by atoms with E-state index < -0.39 is 0 Å². The number of fused-ring (bicyclic) bond motifs is 1. The maximum atomic E-state index is 4.58. The minimum Gasteiger partial charge on any atom is -0.297 e. The van der Waals surface area contributed by atoms with Gasteiger partial charge >= 0.3 is 0 Å². The van der Waals surface area contributed by atoms with E-state index >= 15 is 0 Å². The van der Waals surface area contributed by atoms with Crippen LogP contribution in [0.4, 0.5) is 0 Å². The van der Waals surface area contributed by atoms with Crippen molar-refractivity contribution in [2.45, 2.75) is 25.2 Å². The number of nitrogens with zero attached hydrogens (tertiary/aromatic N) is 2. The minimum absolute atomic E-state index is 0.672. The Morgan fingerprint density at radius 3 is 2.89 bits per heavy atom. The molecular formula is C16H18N2S. The molecule has 1 heterocycles. The van der Waals surface area contributed by atoms with Gasteiger partial charge in [-0.25, -0.2) is 0 Å². The quantitative estimate of drug-likeness (QED) is 0.646. The van der Waals surface area contributed by atoms with Gasteiger partial charge in [-0.15, -0.1) is 12.6 Å². The Labute approximate surface area is 119 Å². The van der Waals surface area contributed by atoms with Crippen molar-refractivity contribution >= 4 is 35.8 Å². The lowest BCUT2D eigenvalue weighted by molar-refractivity contribution is 1.11. The van der Waals surface area contributed by atoms with Gasteiger partial charge in [-0.2, -0.15) is 0 Å². The van der Waals surface area contributed by atoms with E-state index in [9.17, 15) is 0 Å². The van der Waals surface area contributed by atoms with E-state index in [1.807, 2.05) is 18.3 Å². The molecule has 19 heavy (non-hydrogen) atoms. The first-order valence-electron chi connectivity index (χ1n) is 6.36. The van der Waals surface area contributed by atoms with Gasteiger partial charge in [0.25, 0.3) is 0 Å². The zero-order valence-electron chi connectivity index (χ0n) is 11.3. The highest BCUT2D eigenvalue weighted by Crippen LogP contribution is 2.29. The molecule has 0 amide bonds. The third-order valence-electron chi connectivity index (χ3n) is 3.27. The smallest absolute Gasteiger partial charge is 0.0719 e. The van der Waals surface area contributed by atoms with E-state index in [0.29, 0.717) is 6.54 Å². The lowest BCUT2D eigenvalue weighted by Crippen LogP contribution is -1.93. The fraction of sp³-hybridized carbons (Fsp3) is 0.250. The number of benzene rings is 1. The van der Waals surface area contributed by atoms with Crippen LogP contribution in [0.2, 0.25) is 0 Å². The van der Waals surface area contributed by atoms with Crippen molar-refractivity contribution in [3.05, 3.63) is 41.6 Å². The van der Waals surface area contributed by atoms with Crippen LogP contribution in [0.1, 0.15) is 25.8 Å². The number of hydrogen-bond donors (Lipinski definition) is 1. The van der Waals surface area contributed by atoms with Gasteiger partial charge in [-0.05, 0) is 55.0 Å². The van der Waals surface area contributed by atoms with Gasteiger partial charge in [0, 0.05) is 16.5 Å². The molecule has 2 aromatic rings. The van der Waals surface area contributed by atoms with Crippen LogP contribution in [0.3, 0.4) is 0 Å². The standard InChI is InChI=1S/C16H18N2S/c1-4-13(11(2)10-17-3)12-8-15-14(16(19)9-12)6-5-7-18-15/h5-9,19H,3-4,10H2,1-2H3/b13-11+. The summed E-state index contributed by atoms with van der Waals surface area (Å²) in [5, 5.41) is 1.09. The fourth-order valence-electron chi connectivity index (χ4n) is 2.35. The summed E-state index contributed by atoms with van der Waals surface area (Å²) in [5.74, 6) is 0. The van der Waals surface area contributed by atoms with Crippen LogP contribution in [0.15, 0.2) is 45.9 Å². The number of hydrogen-bond acceptors (Lipinski definition) is 3. The molecule has 0 aliphatic rings. The highest BCUT2D eigenvalue weighted by Gasteiger charge is 2.08. The predicted octanol–water partition coefficient (Wildman–Crippen LogP) is 4.41. The number of thiol groups is 1. The predicted molar refractivity (Wildman–Crippen MR) is 86.3 cm³/mol. The summed E-state index contributed by atoms with van der Waals surface area (Å²) in [6, 6.07) is 8.21. The lowest BCUT2D eigenvalue weighted by Gasteiger charge is -2.12. The molecule has 0 N–H and O–H groups in total. The molecule has 98 valence electrons. The maximum absolute atomic E-state index is 4.58. The van der Waals surface area contributed by atoms with Crippen molar-refractivity contribution in [2.24, 2.45) is 4.99 Å². The number of rotatable bonds is 4. The summed E-state index contributed by atoms with van der Waals surface area (Å²) in [6.45, 7) is 8.50. The van der Waals surface area contributed by atoms with E-state index in [4.69, 9.17) is 0 Å². The van der Waals surface area contributed by atoms with Crippen molar-refractivity contribution in [2.75, 3.05) is 6.54 Å². The summed E-state index contributed by atoms with van der Waals surface area (Å²) in [5.41, 5.74) is 4.71. The molecule has 0 radical (unpaired) electrons. The van der Waals surface area contributed by atoms with Crippen molar-refractivity contribution in [3.63, 3.8) is 0 Å². The summed E-state index contributed by atoms with van der Waals surface area (Å²) >= 11 is 4.58. The molecule has 0 atom stereocenters. The van der Waals surface area contributed by atoms with E-state index in [1.54, 1.807) is 0 Å². The molecule has 2 nitrogen and oxygen atoms in total. The van der Waals surface area contributed by atoms with Crippen LogP contribution < -0.4 is 0 Å². The molecule has 0 bridgehead atoms. The van der Waals surface area contributed by atoms with E-state index in [0.717, 1.165) is 22.2 Å². The molecule has 0 aliphatic heterocycles. The molecule has 0 unspecified atom stereocenters. The van der Waals surface area contributed by atoms with Gasteiger partial charge in [0.05, 0.1) is 12.1 Å². The Hall–Kier alpha value is -1.61. The second kappa shape index (κ2) is 6.02. The molecule has 2 rings (SSSR count). The average Bonchev–Trinajstić information content (AvgIpc) is 2.40. The molecule has 0 saturated heterocycles. The fourth-order valence-corrected chi connectivity index (χ4v) is 2.68. The lowest BCUT2D eigenvalue weighted by atomic mass is 9.97. The van der Waals surface area contributed by atoms with Crippen molar-refractivity contribution in [1.29, 1.82) is 0 Å². The number of aliphatic imine (C=N–C) groups is 1. The van der Waals surface area contributed by atoms with Crippen LogP contribution in [0.5, 0.6) is 0 Å². The van der Waals surface area contributed by atoms with Crippen molar-refractivity contribution < 1.29 is 0 Å². The third-order valence-corrected chi connectivity index (χ3v) is 3.64. The SMILES string of the molecule is C=NC/C(C)=C(\CC)c1cc(S)c2cccnc2c1. The second-order valence-electron chi connectivity index (χ2n) is 4.56. The first kappa shape index (κ1) is 13.8. The maximum Gasteiger partial charge on any atom is 0.0719 e. The zero-order chi connectivity index (χ0) is 13.8. The molecule has 1 aromatic carbocycles. The molecular weight excluding hydrogens is 252 g/mol. The first-order chi connectivity index (χ1) is 9.17. The topological polar surface area (TPSA) is 25.2 Å². The third kappa shape index (κ3) is 2.87.